The zero-order valence-electron chi connectivity index (χ0n) is 20.2. The summed E-state index contributed by atoms with van der Waals surface area (Å²) in [6.07, 6.45) is 5.24. The molecular weight excluding hydrogens is 526 g/mol. The minimum Gasteiger partial charge on any atom is -0.495 e. The van der Waals surface area contributed by atoms with Gasteiger partial charge in [-0.1, -0.05) is 25.3 Å². The lowest BCUT2D eigenvalue weighted by Crippen LogP contribution is -2.15. The molecule has 37 heavy (non-hydrogen) atoms. The molecule has 0 atom stereocenters. The summed E-state index contributed by atoms with van der Waals surface area (Å²) in [7, 11) is -3.15. The van der Waals surface area contributed by atoms with Gasteiger partial charge in [0.2, 0.25) is 0 Å². The fourth-order valence-electron chi connectivity index (χ4n) is 4.43. The van der Waals surface area contributed by atoms with E-state index in [0.29, 0.717) is 6.07 Å². The number of anilines is 1. The number of nitrogens with one attached hydrogen (secondary N) is 1. The molecule has 0 amide bonds. The number of halogens is 2. The van der Waals surface area contributed by atoms with E-state index in [1.165, 1.54) is 12.5 Å². The first-order chi connectivity index (χ1) is 17.7. The second-order valence-corrected chi connectivity index (χ2v) is 11.0. The van der Waals surface area contributed by atoms with Gasteiger partial charge >= 0.3 is 5.97 Å². The van der Waals surface area contributed by atoms with Crippen molar-refractivity contribution in [1.82, 2.24) is 4.98 Å². The zero-order valence-corrected chi connectivity index (χ0v) is 21.8. The Morgan fingerprint density at radius 1 is 1.22 bits per heavy atom. The largest absolute Gasteiger partial charge is 0.495 e. The van der Waals surface area contributed by atoms with Crippen molar-refractivity contribution in [2.75, 3.05) is 18.4 Å². The summed E-state index contributed by atoms with van der Waals surface area (Å²) in [5.74, 6) is -3.08. The molecule has 1 aliphatic rings. The van der Waals surface area contributed by atoms with Gasteiger partial charge in [-0.2, -0.15) is 8.42 Å². The smallest absolute Gasteiger partial charge is 0.338 e. The Bertz CT molecular complexity index is 1420. The number of aromatic carboxylic acids is 1. The van der Waals surface area contributed by atoms with Crippen LogP contribution in [0.4, 0.5) is 14.5 Å². The third-order valence-corrected chi connectivity index (χ3v) is 8.49. The molecule has 0 aliphatic heterocycles. The van der Waals surface area contributed by atoms with Crippen molar-refractivity contribution < 1.29 is 36.6 Å². The molecule has 2 aromatic carbocycles. The topological polar surface area (TPSA) is 115 Å². The summed E-state index contributed by atoms with van der Waals surface area (Å²) in [5.41, 5.74) is -0.0501. The molecule has 1 fully saturated rings. The van der Waals surface area contributed by atoms with Gasteiger partial charge in [-0.3, -0.25) is 4.72 Å². The average molecular weight is 553 g/mol. The first-order valence-corrected chi connectivity index (χ1v) is 14.1. The third kappa shape index (κ3) is 5.54. The van der Waals surface area contributed by atoms with E-state index in [1.807, 2.05) is 6.07 Å². The van der Waals surface area contributed by atoms with E-state index >= 15 is 4.39 Å². The van der Waals surface area contributed by atoms with Gasteiger partial charge in [0.1, 0.15) is 16.6 Å². The summed E-state index contributed by atoms with van der Waals surface area (Å²) < 4.78 is 68.6. The van der Waals surface area contributed by atoms with Crippen LogP contribution in [0.3, 0.4) is 0 Å². The molecule has 8 nitrogen and oxygen atoms in total. The average Bonchev–Trinajstić information content (AvgIpc) is 3.37. The number of hydrogen-bond donors (Lipinski definition) is 2. The summed E-state index contributed by atoms with van der Waals surface area (Å²) in [6.45, 7) is 2.05. The van der Waals surface area contributed by atoms with Gasteiger partial charge in [0, 0.05) is 17.0 Å². The van der Waals surface area contributed by atoms with E-state index in [1.54, 1.807) is 13.0 Å². The van der Waals surface area contributed by atoms with Gasteiger partial charge in [0.25, 0.3) is 10.0 Å². The summed E-state index contributed by atoms with van der Waals surface area (Å²) in [4.78, 5) is 15.3. The second kappa shape index (κ2) is 11.0. The number of carboxylic acid groups (broad SMARTS) is 1. The van der Waals surface area contributed by atoms with Crippen molar-refractivity contribution in [2.45, 2.75) is 50.0 Å². The van der Waals surface area contributed by atoms with Crippen LogP contribution in [0, 0.1) is 11.6 Å². The van der Waals surface area contributed by atoms with Crippen LogP contribution >= 0.6 is 11.3 Å². The lowest BCUT2D eigenvalue weighted by molar-refractivity contribution is 0.0691. The van der Waals surface area contributed by atoms with Crippen molar-refractivity contribution in [1.29, 1.82) is 0 Å². The van der Waals surface area contributed by atoms with Crippen LogP contribution in [0.2, 0.25) is 0 Å². The van der Waals surface area contributed by atoms with Gasteiger partial charge in [-0.05, 0) is 37.8 Å². The van der Waals surface area contributed by atoms with Crippen LogP contribution in [-0.4, -0.2) is 38.2 Å². The van der Waals surface area contributed by atoms with E-state index < -0.39 is 38.2 Å². The number of sulfonamides is 1. The van der Waals surface area contributed by atoms with E-state index in [0.717, 1.165) is 55.1 Å². The van der Waals surface area contributed by atoms with E-state index in [4.69, 9.17) is 14.6 Å². The molecule has 0 spiro atoms. The van der Waals surface area contributed by atoms with Crippen molar-refractivity contribution >= 4 is 33.0 Å². The second-order valence-electron chi connectivity index (χ2n) is 8.55. The number of aromatic nitrogens is 1. The van der Waals surface area contributed by atoms with Crippen LogP contribution in [-0.2, 0) is 10.0 Å². The van der Waals surface area contributed by atoms with Gasteiger partial charge in [0.05, 0.1) is 30.5 Å². The molecular formula is C25H26F2N2O6S2. The summed E-state index contributed by atoms with van der Waals surface area (Å²) in [5, 5.41) is 10.0. The number of thiazole rings is 1. The number of rotatable bonds is 9. The first kappa shape index (κ1) is 26.8. The Morgan fingerprint density at radius 3 is 2.59 bits per heavy atom. The molecule has 12 heteroatoms. The van der Waals surface area contributed by atoms with Crippen LogP contribution in [0.25, 0.3) is 10.6 Å². The number of carbonyl (C=O) groups is 1. The number of carboxylic acids is 1. The van der Waals surface area contributed by atoms with Crippen molar-refractivity contribution in [2.24, 2.45) is 0 Å². The van der Waals surface area contributed by atoms with Gasteiger partial charge in [-0.25, -0.2) is 18.6 Å². The lowest BCUT2D eigenvalue weighted by atomic mass is 9.83. The lowest BCUT2D eigenvalue weighted by Gasteiger charge is -2.24. The highest BCUT2D eigenvalue weighted by molar-refractivity contribution is 7.92. The van der Waals surface area contributed by atoms with Gasteiger partial charge in [0.15, 0.2) is 16.6 Å². The Balaban J connectivity index is 1.66. The fraction of sp³-hybridized carbons (Fsp3) is 0.360. The van der Waals surface area contributed by atoms with Crippen molar-refractivity contribution in [3.05, 3.63) is 52.4 Å². The third-order valence-electron chi connectivity index (χ3n) is 6.21. The van der Waals surface area contributed by atoms with E-state index in [-0.39, 0.29) is 40.3 Å². The number of benzene rings is 2. The Morgan fingerprint density at radius 2 is 1.95 bits per heavy atom. The van der Waals surface area contributed by atoms with Crippen LogP contribution in [0.5, 0.6) is 11.5 Å². The molecule has 4 rings (SSSR count). The summed E-state index contributed by atoms with van der Waals surface area (Å²) in [6, 6.07) is 5.00. The number of nitrogens with zero attached hydrogens (tertiary/aromatic N) is 1. The Kier molecular flexibility index (Phi) is 7.98. The molecule has 1 aliphatic carbocycles. The molecule has 1 saturated carbocycles. The standard InChI is InChI=1S/C25H26F2N2O6S2/c1-3-35-23-15(14-7-5-4-6-8-14)9-10-16(22(23)27)24-28-21(13-36-24)37(32,33)29-19-12-18(26)17(25(30)31)11-20(19)34-2/h9-14,29H,3-8H2,1-2H3,(H,30,31). The van der Waals surface area contributed by atoms with Crippen molar-refractivity contribution in [3.63, 3.8) is 0 Å². The zero-order chi connectivity index (χ0) is 26.7. The molecule has 0 unspecified atom stereocenters. The highest BCUT2D eigenvalue weighted by Crippen LogP contribution is 2.42. The molecule has 1 heterocycles. The maximum Gasteiger partial charge on any atom is 0.338 e. The van der Waals surface area contributed by atoms with E-state index in [9.17, 15) is 17.6 Å². The maximum atomic E-state index is 15.6. The molecule has 198 valence electrons. The molecule has 1 aromatic heterocycles. The number of hydrogen-bond acceptors (Lipinski definition) is 7. The van der Waals surface area contributed by atoms with Crippen molar-refractivity contribution in [3.8, 4) is 22.1 Å². The van der Waals surface area contributed by atoms with Crippen LogP contribution in [0.15, 0.2) is 34.7 Å². The SMILES string of the molecule is CCOc1c(C2CCCCC2)ccc(-c2nc(S(=O)(=O)Nc3cc(F)c(C(=O)O)cc3OC)cs2)c1F. The molecule has 0 bridgehead atoms. The predicted molar refractivity (Wildman–Crippen MR) is 135 cm³/mol. The number of methoxy groups -OCH3 is 1. The molecule has 0 radical (unpaired) electrons. The van der Waals surface area contributed by atoms with Crippen LogP contribution in [0.1, 0.15) is 60.9 Å². The van der Waals surface area contributed by atoms with E-state index in [2.05, 4.69) is 9.71 Å². The van der Waals surface area contributed by atoms with Gasteiger partial charge in [-0.15, -0.1) is 11.3 Å². The monoisotopic (exact) mass is 552 g/mol. The first-order valence-electron chi connectivity index (χ1n) is 11.7. The maximum absolute atomic E-state index is 15.6. The normalized spacial score (nSPS) is 14.4. The molecule has 0 saturated heterocycles. The fourth-order valence-corrected chi connectivity index (χ4v) is 6.61. The van der Waals surface area contributed by atoms with Gasteiger partial charge < -0.3 is 14.6 Å². The highest BCUT2D eigenvalue weighted by Gasteiger charge is 2.27. The van der Waals surface area contributed by atoms with Crippen LogP contribution < -0.4 is 14.2 Å². The Hall–Kier alpha value is -3.25. The molecule has 2 N–H and O–H groups in total. The minimum absolute atomic E-state index is 0.115. The minimum atomic E-state index is -4.34. The predicted octanol–water partition coefficient (Wildman–Crippen LogP) is 6.04. The quantitative estimate of drug-likeness (QED) is 0.332. The summed E-state index contributed by atoms with van der Waals surface area (Å²) >= 11 is 0.933. The Labute approximate surface area is 217 Å². The molecule has 3 aromatic rings. The highest BCUT2D eigenvalue weighted by atomic mass is 32.2. The number of ether oxygens (including phenoxy) is 2.